The van der Waals surface area contributed by atoms with Crippen LogP contribution in [0, 0.1) is 0 Å². The van der Waals surface area contributed by atoms with E-state index in [1.807, 2.05) is 0 Å². The highest BCUT2D eigenvalue weighted by Gasteiger charge is 2.22. The summed E-state index contributed by atoms with van der Waals surface area (Å²) in [5.41, 5.74) is 2.83. The van der Waals surface area contributed by atoms with Crippen LogP contribution in [0.5, 0.6) is 0 Å². The van der Waals surface area contributed by atoms with Crippen LogP contribution in [0.15, 0.2) is 24.3 Å². The third-order valence-corrected chi connectivity index (χ3v) is 4.84. The Morgan fingerprint density at radius 1 is 1.14 bits per heavy atom. The maximum Gasteiger partial charge on any atom is 0.0231 e. The zero-order valence-corrected chi connectivity index (χ0v) is 13.5. The molecule has 0 aromatic heterocycles. The third-order valence-electron chi connectivity index (χ3n) is 4.84. The summed E-state index contributed by atoms with van der Waals surface area (Å²) in [6.45, 7) is 4.52. The molecule has 0 spiro atoms. The molecule has 2 aliphatic rings. The van der Waals surface area contributed by atoms with Crippen molar-refractivity contribution in [2.24, 2.45) is 0 Å². The predicted molar refractivity (Wildman–Crippen MR) is 88.3 cm³/mol. The lowest BCUT2D eigenvalue weighted by molar-refractivity contribution is 0.215. The monoisotopic (exact) mass is 287 g/mol. The molecule has 0 amide bonds. The van der Waals surface area contributed by atoms with Crippen molar-refractivity contribution in [1.82, 2.24) is 15.1 Å². The summed E-state index contributed by atoms with van der Waals surface area (Å²) in [6, 6.07) is 10.7. The Morgan fingerprint density at radius 3 is 2.48 bits per heavy atom. The van der Waals surface area contributed by atoms with E-state index < -0.39 is 0 Å². The topological polar surface area (TPSA) is 18.5 Å². The maximum atomic E-state index is 3.57. The number of likely N-dealkylation sites (tertiary alicyclic amines) is 1. The molecule has 1 aliphatic carbocycles. The molecule has 116 valence electrons. The second-order valence-corrected chi connectivity index (χ2v) is 6.95. The molecule has 3 heteroatoms. The summed E-state index contributed by atoms with van der Waals surface area (Å²) in [4.78, 5) is 4.97. The highest BCUT2D eigenvalue weighted by molar-refractivity contribution is 5.22. The SMILES string of the molecule is CN(Cc1ccc(CNC2CC2)cc1)CC1CCCN1C. The van der Waals surface area contributed by atoms with Crippen LogP contribution in [0.4, 0.5) is 0 Å². The van der Waals surface area contributed by atoms with Gasteiger partial charge in [-0.2, -0.15) is 0 Å². The molecule has 3 rings (SSSR count). The van der Waals surface area contributed by atoms with Crippen molar-refractivity contribution >= 4 is 0 Å². The molecule has 1 unspecified atom stereocenters. The van der Waals surface area contributed by atoms with Gasteiger partial charge < -0.3 is 15.1 Å². The van der Waals surface area contributed by atoms with Gasteiger partial charge in [0.05, 0.1) is 0 Å². The fourth-order valence-electron chi connectivity index (χ4n) is 3.26. The average molecular weight is 287 g/mol. The second kappa shape index (κ2) is 6.91. The van der Waals surface area contributed by atoms with Gasteiger partial charge in [-0.15, -0.1) is 0 Å². The van der Waals surface area contributed by atoms with Gasteiger partial charge in [0.1, 0.15) is 0 Å². The van der Waals surface area contributed by atoms with Gasteiger partial charge in [-0.25, -0.2) is 0 Å². The quantitative estimate of drug-likeness (QED) is 0.831. The summed E-state index contributed by atoms with van der Waals surface area (Å²) >= 11 is 0. The lowest BCUT2D eigenvalue weighted by atomic mass is 10.1. The van der Waals surface area contributed by atoms with Gasteiger partial charge in [0.25, 0.3) is 0 Å². The van der Waals surface area contributed by atoms with Crippen molar-refractivity contribution in [3.05, 3.63) is 35.4 Å². The smallest absolute Gasteiger partial charge is 0.0231 e. The van der Waals surface area contributed by atoms with Crippen LogP contribution in [0.2, 0.25) is 0 Å². The first-order valence-electron chi connectivity index (χ1n) is 8.41. The highest BCUT2D eigenvalue weighted by atomic mass is 15.2. The maximum absolute atomic E-state index is 3.57. The Morgan fingerprint density at radius 2 is 1.86 bits per heavy atom. The molecular formula is C18H29N3. The molecule has 3 nitrogen and oxygen atoms in total. The summed E-state index contributed by atoms with van der Waals surface area (Å²) in [6.07, 6.45) is 5.43. The molecule has 1 aliphatic heterocycles. The summed E-state index contributed by atoms with van der Waals surface area (Å²) in [5, 5.41) is 3.57. The Hall–Kier alpha value is -0.900. The molecule has 1 aromatic rings. The van der Waals surface area contributed by atoms with Crippen molar-refractivity contribution in [2.75, 3.05) is 27.2 Å². The largest absolute Gasteiger partial charge is 0.310 e. The van der Waals surface area contributed by atoms with E-state index in [1.165, 1.54) is 49.9 Å². The first kappa shape index (κ1) is 15.0. The standard InChI is InChI=1S/C18H29N3/c1-20(14-18-4-3-11-21(18)2)13-16-7-5-15(6-8-16)12-19-17-9-10-17/h5-8,17-19H,3-4,9-14H2,1-2H3. The number of benzene rings is 1. The lowest BCUT2D eigenvalue weighted by Crippen LogP contribution is -2.36. The van der Waals surface area contributed by atoms with Gasteiger partial charge in [-0.1, -0.05) is 24.3 Å². The van der Waals surface area contributed by atoms with Crippen LogP contribution in [-0.2, 0) is 13.1 Å². The van der Waals surface area contributed by atoms with Crippen LogP contribution in [0.3, 0.4) is 0 Å². The normalized spacial score (nSPS) is 23.1. The van der Waals surface area contributed by atoms with Gasteiger partial charge in [0.15, 0.2) is 0 Å². The van der Waals surface area contributed by atoms with E-state index in [-0.39, 0.29) is 0 Å². The number of rotatable bonds is 7. The zero-order valence-electron chi connectivity index (χ0n) is 13.5. The van der Waals surface area contributed by atoms with E-state index in [0.717, 1.165) is 25.2 Å². The minimum absolute atomic E-state index is 0.747. The van der Waals surface area contributed by atoms with Crippen LogP contribution in [0.25, 0.3) is 0 Å². The number of likely N-dealkylation sites (N-methyl/N-ethyl adjacent to an activating group) is 2. The Labute approximate surface area is 129 Å². The predicted octanol–water partition coefficient (Wildman–Crippen LogP) is 2.46. The van der Waals surface area contributed by atoms with E-state index in [2.05, 4.69) is 53.5 Å². The van der Waals surface area contributed by atoms with Crippen LogP contribution in [-0.4, -0.2) is 49.1 Å². The van der Waals surface area contributed by atoms with E-state index in [9.17, 15) is 0 Å². The van der Waals surface area contributed by atoms with E-state index in [1.54, 1.807) is 0 Å². The van der Waals surface area contributed by atoms with Crippen molar-refractivity contribution < 1.29 is 0 Å². The lowest BCUT2D eigenvalue weighted by Gasteiger charge is -2.25. The molecule has 0 radical (unpaired) electrons. The highest BCUT2D eigenvalue weighted by Crippen LogP contribution is 2.19. The van der Waals surface area contributed by atoms with Gasteiger partial charge in [-0.05, 0) is 57.5 Å². The molecule has 1 saturated heterocycles. The van der Waals surface area contributed by atoms with Gasteiger partial charge >= 0.3 is 0 Å². The zero-order chi connectivity index (χ0) is 14.7. The molecule has 1 heterocycles. The number of hydrogen-bond donors (Lipinski definition) is 1. The Kier molecular flexibility index (Phi) is 4.94. The Balaban J connectivity index is 1.45. The first-order chi connectivity index (χ1) is 10.2. The molecule has 1 atom stereocenters. The number of nitrogens with zero attached hydrogens (tertiary/aromatic N) is 2. The summed E-state index contributed by atoms with van der Waals surface area (Å²) in [5.74, 6) is 0. The average Bonchev–Trinajstić information content (AvgIpc) is 3.22. The molecule has 1 aromatic carbocycles. The van der Waals surface area contributed by atoms with Crippen LogP contribution in [0.1, 0.15) is 36.8 Å². The number of nitrogens with one attached hydrogen (secondary N) is 1. The summed E-state index contributed by atoms with van der Waals surface area (Å²) < 4.78 is 0. The second-order valence-electron chi connectivity index (χ2n) is 6.95. The van der Waals surface area contributed by atoms with Crippen LogP contribution >= 0.6 is 0 Å². The van der Waals surface area contributed by atoms with E-state index in [4.69, 9.17) is 0 Å². The molecule has 1 saturated carbocycles. The van der Waals surface area contributed by atoms with Gasteiger partial charge in [0.2, 0.25) is 0 Å². The van der Waals surface area contributed by atoms with Crippen molar-refractivity contribution in [2.45, 2.75) is 50.9 Å². The molecule has 0 bridgehead atoms. The van der Waals surface area contributed by atoms with E-state index >= 15 is 0 Å². The van der Waals surface area contributed by atoms with Crippen molar-refractivity contribution in [3.63, 3.8) is 0 Å². The van der Waals surface area contributed by atoms with Gasteiger partial charge in [0, 0.05) is 31.7 Å². The fraction of sp³-hybridized carbons (Fsp3) is 0.667. The minimum Gasteiger partial charge on any atom is -0.310 e. The van der Waals surface area contributed by atoms with Gasteiger partial charge in [-0.3, -0.25) is 0 Å². The summed E-state index contributed by atoms with van der Waals surface area (Å²) in [7, 11) is 4.50. The molecule has 21 heavy (non-hydrogen) atoms. The molecule has 1 N–H and O–H groups in total. The minimum atomic E-state index is 0.747. The van der Waals surface area contributed by atoms with Crippen molar-refractivity contribution in [1.29, 1.82) is 0 Å². The van der Waals surface area contributed by atoms with Crippen molar-refractivity contribution in [3.8, 4) is 0 Å². The fourth-order valence-corrected chi connectivity index (χ4v) is 3.26. The molecular weight excluding hydrogens is 258 g/mol. The van der Waals surface area contributed by atoms with Crippen LogP contribution < -0.4 is 5.32 Å². The third kappa shape index (κ3) is 4.53. The number of hydrogen-bond acceptors (Lipinski definition) is 3. The van der Waals surface area contributed by atoms with E-state index in [0.29, 0.717) is 0 Å². The molecule has 2 fully saturated rings. The first-order valence-corrected chi connectivity index (χ1v) is 8.41. The Bertz CT molecular complexity index is 438.